The van der Waals surface area contributed by atoms with Gasteiger partial charge >= 0.3 is 5.97 Å². The Labute approximate surface area is 117 Å². The highest BCUT2D eigenvalue weighted by atomic mass is 16.4. The standard InChI is InChI=1S/C13H20N4O3/c1-9(2)5-17-11(14-8-15-17)7-16-6-10(13(19)20)3-4-12(16)18/h8-10H,3-7H2,1-2H3,(H,19,20). The molecule has 0 aliphatic carbocycles. The van der Waals surface area contributed by atoms with Crippen LogP contribution in [0.15, 0.2) is 6.33 Å². The third-order valence-corrected chi connectivity index (χ3v) is 3.42. The number of carbonyl (C=O) groups is 2. The summed E-state index contributed by atoms with van der Waals surface area (Å²) in [4.78, 5) is 28.7. The van der Waals surface area contributed by atoms with Gasteiger partial charge in [0.1, 0.15) is 12.2 Å². The van der Waals surface area contributed by atoms with E-state index in [0.717, 1.165) is 6.54 Å². The normalized spacial score (nSPS) is 19.6. The van der Waals surface area contributed by atoms with Gasteiger partial charge in [0.15, 0.2) is 0 Å². The molecule has 1 fully saturated rings. The maximum atomic E-state index is 11.9. The van der Waals surface area contributed by atoms with Gasteiger partial charge in [0.05, 0.1) is 12.5 Å². The summed E-state index contributed by atoms with van der Waals surface area (Å²) < 4.78 is 1.78. The molecule has 1 aromatic heterocycles. The molecule has 1 aromatic rings. The number of nitrogens with zero attached hydrogens (tertiary/aromatic N) is 4. The van der Waals surface area contributed by atoms with Crippen molar-refractivity contribution in [2.45, 2.75) is 39.8 Å². The van der Waals surface area contributed by atoms with Crippen molar-refractivity contribution in [2.24, 2.45) is 11.8 Å². The lowest BCUT2D eigenvalue weighted by atomic mass is 9.98. The minimum absolute atomic E-state index is 0.0124. The Morgan fingerprint density at radius 2 is 2.30 bits per heavy atom. The largest absolute Gasteiger partial charge is 0.481 e. The van der Waals surface area contributed by atoms with Gasteiger partial charge in [-0.1, -0.05) is 13.8 Å². The van der Waals surface area contributed by atoms with E-state index in [9.17, 15) is 9.59 Å². The maximum absolute atomic E-state index is 11.9. The van der Waals surface area contributed by atoms with Gasteiger partial charge in [0.25, 0.3) is 0 Å². The highest BCUT2D eigenvalue weighted by Gasteiger charge is 2.30. The molecule has 0 spiro atoms. The Bertz CT molecular complexity index is 498. The predicted octanol–water partition coefficient (Wildman–Crippen LogP) is 0.757. The molecule has 0 bridgehead atoms. The molecule has 20 heavy (non-hydrogen) atoms. The summed E-state index contributed by atoms with van der Waals surface area (Å²) in [5.41, 5.74) is 0. The fourth-order valence-electron chi connectivity index (χ4n) is 2.35. The lowest BCUT2D eigenvalue weighted by molar-refractivity contribution is -0.147. The van der Waals surface area contributed by atoms with Gasteiger partial charge in [-0.15, -0.1) is 0 Å². The number of carboxylic acids is 1. The molecule has 1 saturated heterocycles. The fraction of sp³-hybridized carbons (Fsp3) is 0.692. The Hall–Kier alpha value is -1.92. The van der Waals surface area contributed by atoms with Crippen molar-refractivity contribution >= 4 is 11.9 Å². The molecule has 1 unspecified atom stereocenters. The van der Waals surface area contributed by atoms with Crippen LogP contribution < -0.4 is 0 Å². The quantitative estimate of drug-likeness (QED) is 0.860. The van der Waals surface area contributed by atoms with Crippen molar-refractivity contribution in [2.75, 3.05) is 6.54 Å². The van der Waals surface area contributed by atoms with Crippen LogP contribution in [0, 0.1) is 11.8 Å². The number of hydrogen-bond donors (Lipinski definition) is 1. The lowest BCUT2D eigenvalue weighted by Gasteiger charge is -2.30. The van der Waals surface area contributed by atoms with Crippen molar-refractivity contribution in [1.29, 1.82) is 0 Å². The molecule has 0 aromatic carbocycles. The average Bonchev–Trinajstić information content (AvgIpc) is 2.78. The zero-order chi connectivity index (χ0) is 14.7. The highest BCUT2D eigenvalue weighted by molar-refractivity contribution is 5.80. The number of rotatable bonds is 5. The molecule has 1 aliphatic rings. The summed E-state index contributed by atoms with van der Waals surface area (Å²) >= 11 is 0. The summed E-state index contributed by atoms with van der Waals surface area (Å²) in [6.45, 7) is 5.48. The van der Waals surface area contributed by atoms with E-state index in [-0.39, 0.29) is 18.9 Å². The molecule has 1 aliphatic heterocycles. The van der Waals surface area contributed by atoms with Gasteiger partial charge in [-0.2, -0.15) is 5.10 Å². The number of likely N-dealkylation sites (tertiary alicyclic amines) is 1. The van der Waals surface area contributed by atoms with E-state index in [2.05, 4.69) is 23.9 Å². The van der Waals surface area contributed by atoms with Crippen LogP contribution in [0.5, 0.6) is 0 Å². The number of amides is 1. The van der Waals surface area contributed by atoms with Crippen LogP contribution in [0.4, 0.5) is 0 Å². The van der Waals surface area contributed by atoms with Gasteiger partial charge in [0.2, 0.25) is 5.91 Å². The average molecular weight is 280 g/mol. The molecule has 0 saturated carbocycles. The molecule has 110 valence electrons. The minimum Gasteiger partial charge on any atom is -0.481 e. The van der Waals surface area contributed by atoms with Gasteiger partial charge in [-0.3, -0.25) is 9.59 Å². The van der Waals surface area contributed by atoms with Crippen LogP contribution in [-0.4, -0.2) is 43.2 Å². The van der Waals surface area contributed by atoms with E-state index in [1.54, 1.807) is 9.58 Å². The van der Waals surface area contributed by atoms with Crippen LogP contribution in [0.2, 0.25) is 0 Å². The first-order valence-corrected chi connectivity index (χ1v) is 6.84. The Morgan fingerprint density at radius 1 is 1.55 bits per heavy atom. The van der Waals surface area contributed by atoms with E-state index < -0.39 is 11.9 Å². The summed E-state index contributed by atoms with van der Waals surface area (Å²) in [6, 6.07) is 0. The molecule has 0 radical (unpaired) electrons. The first kappa shape index (κ1) is 14.5. The van der Waals surface area contributed by atoms with Crippen LogP contribution in [0.3, 0.4) is 0 Å². The van der Waals surface area contributed by atoms with Crippen LogP contribution in [0.25, 0.3) is 0 Å². The van der Waals surface area contributed by atoms with Crippen LogP contribution in [0.1, 0.15) is 32.5 Å². The number of aliphatic carboxylic acids is 1. The van der Waals surface area contributed by atoms with Crippen LogP contribution >= 0.6 is 0 Å². The lowest BCUT2D eigenvalue weighted by Crippen LogP contribution is -2.42. The third kappa shape index (κ3) is 3.34. The predicted molar refractivity (Wildman–Crippen MR) is 70.6 cm³/mol. The summed E-state index contributed by atoms with van der Waals surface area (Å²) in [7, 11) is 0. The first-order chi connectivity index (χ1) is 9.47. The monoisotopic (exact) mass is 280 g/mol. The number of aromatic nitrogens is 3. The van der Waals surface area contributed by atoms with E-state index in [4.69, 9.17) is 5.11 Å². The second kappa shape index (κ2) is 6.02. The molecule has 1 atom stereocenters. The molecule has 1 N–H and O–H groups in total. The summed E-state index contributed by atoms with van der Waals surface area (Å²) in [5, 5.41) is 13.2. The number of hydrogen-bond acceptors (Lipinski definition) is 4. The molecular formula is C13H20N4O3. The number of carboxylic acid groups (broad SMARTS) is 1. The smallest absolute Gasteiger partial charge is 0.308 e. The molecule has 7 nitrogen and oxygen atoms in total. The number of piperidine rings is 1. The molecule has 2 rings (SSSR count). The SMILES string of the molecule is CC(C)Cn1ncnc1CN1CC(C(=O)O)CCC1=O. The van der Waals surface area contributed by atoms with Crippen molar-refractivity contribution in [1.82, 2.24) is 19.7 Å². The van der Waals surface area contributed by atoms with E-state index in [1.165, 1.54) is 6.33 Å². The first-order valence-electron chi connectivity index (χ1n) is 6.84. The fourth-order valence-corrected chi connectivity index (χ4v) is 2.35. The van der Waals surface area contributed by atoms with Crippen LogP contribution in [-0.2, 0) is 22.7 Å². The van der Waals surface area contributed by atoms with Gasteiger partial charge in [-0.05, 0) is 12.3 Å². The van der Waals surface area contributed by atoms with Crippen molar-refractivity contribution in [3.63, 3.8) is 0 Å². The maximum Gasteiger partial charge on any atom is 0.308 e. The number of carbonyl (C=O) groups excluding carboxylic acids is 1. The Morgan fingerprint density at radius 3 is 2.95 bits per heavy atom. The highest BCUT2D eigenvalue weighted by Crippen LogP contribution is 2.19. The van der Waals surface area contributed by atoms with Gasteiger partial charge in [-0.25, -0.2) is 9.67 Å². The topological polar surface area (TPSA) is 88.3 Å². The second-order valence-corrected chi connectivity index (χ2v) is 5.60. The zero-order valence-corrected chi connectivity index (χ0v) is 11.8. The van der Waals surface area contributed by atoms with E-state index >= 15 is 0 Å². The molecule has 7 heteroatoms. The van der Waals surface area contributed by atoms with Crippen molar-refractivity contribution in [3.8, 4) is 0 Å². The second-order valence-electron chi connectivity index (χ2n) is 5.60. The minimum atomic E-state index is -0.842. The third-order valence-electron chi connectivity index (χ3n) is 3.42. The van der Waals surface area contributed by atoms with E-state index in [1.807, 2.05) is 0 Å². The summed E-state index contributed by atoms with van der Waals surface area (Å²) in [5.74, 6) is -0.195. The molecule has 2 heterocycles. The van der Waals surface area contributed by atoms with Gasteiger partial charge < -0.3 is 10.0 Å². The molecular weight excluding hydrogens is 260 g/mol. The zero-order valence-electron chi connectivity index (χ0n) is 11.8. The van der Waals surface area contributed by atoms with Crippen molar-refractivity contribution in [3.05, 3.63) is 12.2 Å². The van der Waals surface area contributed by atoms with Gasteiger partial charge in [0, 0.05) is 19.5 Å². The Kier molecular flexibility index (Phi) is 4.36. The molecule has 1 amide bonds. The van der Waals surface area contributed by atoms with E-state index in [0.29, 0.717) is 24.7 Å². The summed E-state index contributed by atoms with van der Waals surface area (Å²) in [6.07, 6.45) is 2.18. The Balaban J connectivity index is 2.06. The van der Waals surface area contributed by atoms with Crippen molar-refractivity contribution < 1.29 is 14.7 Å².